The van der Waals surface area contributed by atoms with E-state index >= 15 is 0 Å². The van der Waals surface area contributed by atoms with Crippen LogP contribution in [-0.4, -0.2) is 39.5 Å². The number of hydrogen-bond acceptors (Lipinski definition) is 7. The molecule has 3 rings (SSSR count). The lowest BCUT2D eigenvalue weighted by atomic mass is 9.68. The largest absolute Gasteiger partial charge is 0.480 e. The number of fused-ring (bicyclic) bond motifs is 3. The molecule has 7 heteroatoms. The number of ketones is 1. The molecule has 0 bridgehead atoms. The maximum absolute atomic E-state index is 13.0. The Morgan fingerprint density at radius 1 is 1.23 bits per heavy atom. The van der Waals surface area contributed by atoms with Gasteiger partial charge in [-0.05, 0) is 20.3 Å². The van der Waals surface area contributed by atoms with Gasteiger partial charge in [-0.1, -0.05) is 44.8 Å². The molecule has 1 aromatic rings. The fraction of sp³-hybridized carbons (Fsp3) is 0.522. The molecule has 1 aromatic heterocycles. The molecule has 1 aliphatic heterocycles. The molecule has 2 atom stereocenters. The number of Topliss-reactive ketones (excluding diaryl/α,β-unsaturated/α-hetero) is 1. The summed E-state index contributed by atoms with van der Waals surface area (Å²) in [5, 5.41) is 21.5. The highest BCUT2D eigenvalue weighted by atomic mass is 16.6. The number of allylic oxidation sites excluding steroid dienone is 1. The topological polar surface area (TPSA) is 114 Å². The van der Waals surface area contributed by atoms with Gasteiger partial charge < -0.3 is 19.4 Å². The van der Waals surface area contributed by atoms with Gasteiger partial charge in [-0.15, -0.1) is 0 Å². The Hall–Kier alpha value is -2.67. The number of unbranched alkanes of at least 4 members (excludes halogenated alkanes) is 4. The van der Waals surface area contributed by atoms with Crippen LogP contribution in [0.25, 0.3) is 5.57 Å². The van der Waals surface area contributed by atoms with Crippen molar-refractivity contribution < 1.29 is 33.8 Å². The van der Waals surface area contributed by atoms with Crippen molar-refractivity contribution in [3.8, 4) is 5.95 Å². The first kappa shape index (κ1) is 22.0. The van der Waals surface area contributed by atoms with Crippen LogP contribution < -0.4 is 0 Å². The normalized spacial score (nSPS) is 25.4. The molecule has 0 fully saturated rings. The summed E-state index contributed by atoms with van der Waals surface area (Å²) in [6.07, 6.45) is 8.25. The van der Waals surface area contributed by atoms with Crippen LogP contribution in [0.15, 0.2) is 22.1 Å². The molecule has 30 heavy (non-hydrogen) atoms. The highest BCUT2D eigenvalue weighted by molar-refractivity contribution is 6.26. The predicted octanol–water partition coefficient (Wildman–Crippen LogP) is 3.66. The lowest BCUT2D eigenvalue weighted by Gasteiger charge is -2.43. The number of aliphatic hydroxyl groups is 1. The van der Waals surface area contributed by atoms with Crippen LogP contribution in [0.4, 0.5) is 0 Å². The summed E-state index contributed by atoms with van der Waals surface area (Å²) in [7, 11) is 0. The van der Waals surface area contributed by atoms with Crippen molar-refractivity contribution in [3.05, 3.63) is 34.6 Å². The highest BCUT2D eigenvalue weighted by Crippen LogP contribution is 2.55. The maximum Gasteiger partial charge on any atom is 0.343 e. The second-order valence-corrected chi connectivity index (χ2v) is 8.11. The Bertz CT molecular complexity index is 936. The van der Waals surface area contributed by atoms with Crippen LogP contribution in [0.5, 0.6) is 5.95 Å². The van der Waals surface area contributed by atoms with Crippen molar-refractivity contribution in [1.82, 2.24) is 0 Å². The number of aromatic hydroxyl groups is 1. The second kappa shape index (κ2) is 8.22. The minimum absolute atomic E-state index is 0.0476. The van der Waals surface area contributed by atoms with Crippen molar-refractivity contribution in [2.45, 2.75) is 76.9 Å². The van der Waals surface area contributed by atoms with Crippen LogP contribution in [-0.2, 0) is 20.7 Å². The molecule has 0 aromatic carbocycles. The standard InChI is InChI=1S/C23H28O7/c1-4-6-7-8-9-10-16(25)17-18-19-14(15(13-24)20(26)29-19)12-23(28,11-5-2)22(18,3)30-21(17)27/h5,11,13,26,28H,4,6-10,12H2,1-3H3/b11-5+/t22-,23-/m1/s1. The average Bonchev–Trinajstić information content (AvgIpc) is 3.14. The third-order valence-corrected chi connectivity index (χ3v) is 6.10. The van der Waals surface area contributed by atoms with Gasteiger partial charge in [0.05, 0.1) is 5.57 Å². The van der Waals surface area contributed by atoms with Crippen molar-refractivity contribution in [2.24, 2.45) is 0 Å². The smallest absolute Gasteiger partial charge is 0.343 e. The first-order chi connectivity index (χ1) is 14.2. The van der Waals surface area contributed by atoms with E-state index in [1.54, 1.807) is 13.0 Å². The van der Waals surface area contributed by atoms with E-state index in [1.807, 2.05) is 0 Å². The third kappa shape index (κ3) is 3.31. The number of carbonyl (C=O) groups is 3. The molecule has 0 unspecified atom stereocenters. The Balaban J connectivity index is 2.11. The van der Waals surface area contributed by atoms with Gasteiger partial charge in [-0.25, -0.2) is 4.79 Å². The van der Waals surface area contributed by atoms with E-state index in [2.05, 4.69) is 6.92 Å². The molecular weight excluding hydrogens is 388 g/mol. The fourth-order valence-corrected chi connectivity index (χ4v) is 4.43. The van der Waals surface area contributed by atoms with E-state index in [1.165, 1.54) is 13.0 Å². The Morgan fingerprint density at radius 2 is 1.93 bits per heavy atom. The second-order valence-electron chi connectivity index (χ2n) is 8.11. The molecular formula is C23H28O7. The number of aldehydes is 1. The number of ether oxygens (including phenoxy) is 1. The van der Waals surface area contributed by atoms with Crippen molar-refractivity contribution >= 4 is 23.6 Å². The van der Waals surface area contributed by atoms with Gasteiger partial charge in [0.2, 0.25) is 0 Å². The van der Waals surface area contributed by atoms with Gasteiger partial charge in [-0.2, -0.15) is 0 Å². The van der Waals surface area contributed by atoms with E-state index in [-0.39, 0.29) is 40.9 Å². The molecule has 2 heterocycles. The molecule has 0 radical (unpaired) electrons. The lowest BCUT2D eigenvalue weighted by molar-refractivity contribution is -0.161. The zero-order chi connectivity index (χ0) is 22.1. The lowest BCUT2D eigenvalue weighted by Crippen LogP contribution is -2.56. The van der Waals surface area contributed by atoms with E-state index < -0.39 is 28.9 Å². The molecule has 0 amide bonds. The van der Waals surface area contributed by atoms with Crippen LogP contribution in [0.2, 0.25) is 0 Å². The minimum Gasteiger partial charge on any atom is -0.480 e. The van der Waals surface area contributed by atoms with Gasteiger partial charge in [-0.3, -0.25) is 9.59 Å². The van der Waals surface area contributed by atoms with Crippen LogP contribution >= 0.6 is 0 Å². The van der Waals surface area contributed by atoms with E-state index in [0.717, 1.165) is 25.7 Å². The van der Waals surface area contributed by atoms with Crippen LogP contribution in [0.1, 0.15) is 81.0 Å². The van der Waals surface area contributed by atoms with Gasteiger partial charge >= 0.3 is 5.97 Å². The zero-order valence-corrected chi connectivity index (χ0v) is 17.6. The van der Waals surface area contributed by atoms with Crippen LogP contribution in [0, 0.1) is 0 Å². The molecule has 0 saturated carbocycles. The number of esters is 1. The number of rotatable bonds is 9. The first-order valence-electron chi connectivity index (χ1n) is 10.4. The van der Waals surface area contributed by atoms with Crippen molar-refractivity contribution in [2.75, 3.05) is 0 Å². The summed E-state index contributed by atoms with van der Waals surface area (Å²) in [5.41, 5.74) is -3.23. The quantitative estimate of drug-likeness (QED) is 0.208. The zero-order valence-electron chi connectivity index (χ0n) is 17.6. The van der Waals surface area contributed by atoms with Gasteiger partial charge in [0.1, 0.15) is 22.5 Å². The summed E-state index contributed by atoms with van der Waals surface area (Å²) in [6, 6.07) is 0. The monoisotopic (exact) mass is 416 g/mol. The van der Waals surface area contributed by atoms with Crippen molar-refractivity contribution in [1.29, 1.82) is 0 Å². The summed E-state index contributed by atoms with van der Waals surface area (Å²) in [6.45, 7) is 5.32. The Kier molecular flexibility index (Phi) is 6.04. The summed E-state index contributed by atoms with van der Waals surface area (Å²) < 4.78 is 11.0. The predicted molar refractivity (Wildman–Crippen MR) is 109 cm³/mol. The summed E-state index contributed by atoms with van der Waals surface area (Å²) in [5.74, 6) is -1.79. The molecule has 7 nitrogen and oxygen atoms in total. The molecule has 1 aliphatic carbocycles. The molecule has 162 valence electrons. The van der Waals surface area contributed by atoms with Gasteiger partial charge in [0.25, 0.3) is 5.95 Å². The van der Waals surface area contributed by atoms with Crippen LogP contribution in [0.3, 0.4) is 0 Å². The SMILES string of the molecule is C/C=C/[C@@]1(O)Cc2c(oc(O)c2C=O)C2=C(C(=O)CCCCCCC)C(=O)O[C@]21C. The maximum atomic E-state index is 13.0. The van der Waals surface area contributed by atoms with E-state index in [4.69, 9.17) is 9.15 Å². The minimum atomic E-state index is -1.71. The highest BCUT2D eigenvalue weighted by Gasteiger charge is 2.62. The molecule has 2 N–H and O–H groups in total. The molecule has 0 saturated heterocycles. The summed E-state index contributed by atoms with van der Waals surface area (Å²) >= 11 is 0. The number of hydrogen-bond donors (Lipinski definition) is 2. The van der Waals surface area contributed by atoms with Gasteiger partial charge in [0, 0.05) is 18.4 Å². The van der Waals surface area contributed by atoms with Gasteiger partial charge in [0.15, 0.2) is 17.7 Å². The third-order valence-electron chi connectivity index (χ3n) is 6.10. The van der Waals surface area contributed by atoms with E-state index in [0.29, 0.717) is 12.7 Å². The van der Waals surface area contributed by atoms with E-state index in [9.17, 15) is 24.6 Å². The number of furan rings is 1. The average molecular weight is 416 g/mol. The molecule has 0 spiro atoms. The molecule has 2 aliphatic rings. The Labute approximate surface area is 175 Å². The first-order valence-corrected chi connectivity index (χ1v) is 10.4. The Morgan fingerprint density at radius 3 is 2.57 bits per heavy atom. The number of carbonyl (C=O) groups excluding carboxylic acids is 3. The summed E-state index contributed by atoms with van der Waals surface area (Å²) in [4.78, 5) is 37.3. The fourth-order valence-electron chi connectivity index (χ4n) is 4.43. The van der Waals surface area contributed by atoms with Crippen molar-refractivity contribution in [3.63, 3.8) is 0 Å².